The Kier molecular flexibility index (Phi) is 6.08. The molecule has 0 aliphatic carbocycles. The second-order valence-corrected chi connectivity index (χ2v) is 5.80. The maximum absolute atomic E-state index is 11.9. The van der Waals surface area contributed by atoms with Crippen LogP contribution < -0.4 is 15.4 Å². The van der Waals surface area contributed by atoms with Gasteiger partial charge in [0.1, 0.15) is 5.75 Å². The van der Waals surface area contributed by atoms with E-state index in [2.05, 4.69) is 10.6 Å². The second kappa shape index (κ2) is 8.25. The molecule has 0 heterocycles. The Morgan fingerprint density at radius 1 is 1.12 bits per heavy atom. The number of thiocarbonyl (C=S) groups is 1. The lowest BCUT2D eigenvalue weighted by Gasteiger charge is -2.13. The topological polar surface area (TPSA) is 87.7 Å². The fourth-order valence-electron chi connectivity index (χ4n) is 2.07. The van der Waals surface area contributed by atoms with Gasteiger partial charge in [0.25, 0.3) is 5.91 Å². The first-order valence-corrected chi connectivity index (χ1v) is 7.91. The third-order valence-corrected chi connectivity index (χ3v) is 3.64. The van der Waals surface area contributed by atoms with Crippen LogP contribution in [0.3, 0.4) is 0 Å². The molecule has 0 aromatic heterocycles. The van der Waals surface area contributed by atoms with Crippen LogP contribution in [0.2, 0.25) is 0 Å². The molecule has 0 fully saturated rings. The third kappa shape index (κ3) is 5.29. The molecule has 0 radical (unpaired) electrons. The summed E-state index contributed by atoms with van der Waals surface area (Å²) >= 11 is 5.09. The number of carboxylic acid groups (broad SMARTS) is 1. The van der Waals surface area contributed by atoms with Crippen LogP contribution in [-0.4, -0.2) is 28.7 Å². The summed E-state index contributed by atoms with van der Waals surface area (Å²) in [6.45, 7) is 3.51. The van der Waals surface area contributed by atoms with Gasteiger partial charge in [0.15, 0.2) is 11.7 Å². The van der Waals surface area contributed by atoms with Crippen LogP contribution in [0.1, 0.15) is 21.5 Å². The van der Waals surface area contributed by atoms with E-state index in [4.69, 9.17) is 22.1 Å². The molecule has 0 atom stereocenters. The lowest BCUT2D eigenvalue weighted by Crippen LogP contribution is -2.37. The van der Waals surface area contributed by atoms with Crippen LogP contribution in [0.5, 0.6) is 5.75 Å². The molecule has 6 nitrogen and oxygen atoms in total. The maximum Gasteiger partial charge on any atom is 0.335 e. The van der Waals surface area contributed by atoms with Crippen molar-refractivity contribution in [3.8, 4) is 5.75 Å². The molecule has 0 aliphatic rings. The molecule has 2 aromatic carbocycles. The molecule has 0 saturated carbocycles. The number of benzene rings is 2. The van der Waals surface area contributed by atoms with Crippen LogP contribution in [0, 0.1) is 13.8 Å². The van der Waals surface area contributed by atoms with E-state index in [0.717, 1.165) is 11.1 Å². The molecule has 0 bridgehead atoms. The molecule has 0 aliphatic heterocycles. The van der Waals surface area contributed by atoms with Gasteiger partial charge in [0.05, 0.1) is 5.56 Å². The van der Waals surface area contributed by atoms with Crippen molar-refractivity contribution in [1.29, 1.82) is 0 Å². The number of para-hydroxylation sites is 1. The van der Waals surface area contributed by atoms with E-state index in [1.807, 2.05) is 25.1 Å². The van der Waals surface area contributed by atoms with Gasteiger partial charge in [-0.2, -0.15) is 0 Å². The Balaban J connectivity index is 1.92. The molecule has 2 rings (SSSR count). The van der Waals surface area contributed by atoms with Crippen molar-refractivity contribution in [2.24, 2.45) is 0 Å². The van der Waals surface area contributed by atoms with E-state index >= 15 is 0 Å². The number of carbonyl (C=O) groups excluding carboxylic acids is 1. The van der Waals surface area contributed by atoms with Crippen LogP contribution in [0.25, 0.3) is 0 Å². The standard InChI is InChI=1S/C18H18N2O4S/c1-11-7-8-13(17(22)23)9-14(11)19-18(25)20-16(21)10-24-15-6-4-3-5-12(15)2/h3-9H,10H2,1-2H3,(H,22,23)(H2,19,20,21,25). The minimum absolute atomic E-state index is 0.0732. The molecule has 25 heavy (non-hydrogen) atoms. The Morgan fingerprint density at radius 2 is 1.84 bits per heavy atom. The summed E-state index contributed by atoms with van der Waals surface area (Å²) in [7, 11) is 0. The zero-order valence-electron chi connectivity index (χ0n) is 13.8. The van der Waals surface area contributed by atoms with Crippen molar-refractivity contribution in [3.05, 3.63) is 59.2 Å². The minimum Gasteiger partial charge on any atom is -0.483 e. The van der Waals surface area contributed by atoms with Gasteiger partial charge in [-0.3, -0.25) is 10.1 Å². The largest absolute Gasteiger partial charge is 0.483 e. The van der Waals surface area contributed by atoms with Gasteiger partial charge >= 0.3 is 5.97 Å². The number of nitrogens with one attached hydrogen (secondary N) is 2. The first-order valence-electron chi connectivity index (χ1n) is 7.50. The van der Waals surface area contributed by atoms with Gasteiger partial charge in [0.2, 0.25) is 0 Å². The van der Waals surface area contributed by atoms with Gasteiger partial charge in [-0.05, 0) is 55.4 Å². The maximum atomic E-state index is 11.9. The van der Waals surface area contributed by atoms with E-state index in [9.17, 15) is 9.59 Å². The van der Waals surface area contributed by atoms with Gasteiger partial charge in [-0.25, -0.2) is 4.79 Å². The monoisotopic (exact) mass is 358 g/mol. The number of carbonyl (C=O) groups is 2. The number of carboxylic acids is 1. The Bertz CT molecular complexity index is 820. The second-order valence-electron chi connectivity index (χ2n) is 5.39. The molecule has 3 N–H and O–H groups in total. The summed E-state index contributed by atoms with van der Waals surface area (Å²) in [5.41, 5.74) is 2.38. The average Bonchev–Trinajstić information content (AvgIpc) is 2.55. The SMILES string of the molecule is Cc1ccc(C(=O)O)cc1NC(=S)NC(=O)COc1ccccc1C. The van der Waals surface area contributed by atoms with Crippen LogP contribution >= 0.6 is 12.2 Å². The van der Waals surface area contributed by atoms with E-state index in [-0.39, 0.29) is 17.3 Å². The molecule has 0 saturated heterocycles. The van der Waals surface area contributed by atoms with Gasteiger partial charge < -0.3 is 15.2 Å². The minimum atomic E-state index is -1.04. The van der Waals surface area contributed by atoms with Crippen molar-refractivity contribution in [2.45, 2.75) is 13.8 Å². The van der Waals surface area contributed by atoms with Crippen LogP contribution in [-0.2, 0) is 4.79 Å². The Morgan fingerprint density at radius 3 is 2.52 bits per heavy atom. The predicted molar refractivity (Wildman–Crippen MR) is 99.2 cm³/mol. The van der Waals surface area contributed by atoms with Crippen molar-refractivity contribution in [2.75, 3.05) is 11.9 Å². The fourth-order valence-corrected chi connectivity index (χ4v) is 2.29. The zero-order chi connectivity index (χ0) is 18.4. The summed E-state index contributed by atoms with van der Waals surface area (Å²) in [5.74, 6) is -0.820. The van der Waals surface area contributed by atoms with Crippen LogP contribution in [0.15, 0.2) is 42.5 Å². The summed E-state index contributed by atoms with van der Waals surface area (Å²) in [4.78, 5) is 23.0. The molecule has 130 valence electrons. The molecular formula is C18H18N2O4S. The van der Waals surface area contributed by atoms with Gasteiger partial charge in [0, 0.05) is 5.69 Å². The Hall–Kier alpha value is -2.93. The fraction of sp³-hybridized carbons (Fsp3) is 0.167. The summed E-state index contributed by atoms with van der Waals surface area (Å²) in [6, 6.07) is 12.0. The van der Waals surface area contributed by atoms with Gasteiger partial charge in [-0.1, -0.05) is 24.3 Å². The number of hydrogen-bond donors (Lipinski definition) is 3. The quantitative estimate of drug-likeness (QED) is 0.713. The van der Waals surface area contributed by atoms with E-state index in [0.29, 0.717) is 11.4 Å². The highest BCUT2D eigenvalue weighted by atomic mass is 32.1. The summed E-state index contributed by atoms with van der Waals surface area (Å²) < 4.78 is 5.45. The first kappa shape index (κ1) is 18.4. The highest BCUT2D eigenvalue weighted by Crippen LogP contribution is 2.17. The number of aromatic carboxylic acids is 1. The highest BCUT2D eigenvalue weighted by Gasteiger charge is 2.10. The lowest BCUT2D eigenvalue weighted by molar-refractivity contribution is -0.121. The zero-order valence-corrected chi connectivity index (χ0v) is 14.6. The average molecular weight is 358 g/mol. The number of amides is 1. The lowest BCUT2D eigenvalue weighted by atomic mass is 10.1. The molecular weight excluding hydrogens is 340 g/mol. The van der Waals surface area contributed by atoms with Crippen molar-refractivity contribution < 1.29 is 19.4 Å². The predicted octanol–water partition coefficient (Wildman–Crippen LogP) is 2.89. The first-order chi connectivity index (χ1) is 11.9. The number of ether oxygens (including phenoxy) is 1. The van der Waals surface area contributed by atoms with Gasteiger partial charge in [-0.15, -0.1) is 0 Å². The summed E-state index contributed by atoms with van der Waals surface area (Å²) in [6.07, 6.45) is 0. The van der Waals surface area contributed by atoms with E-state index in [1.165, 1.54) is 12.1 Å². The molecule has 0 spiro atoms. The van der Waals surface area contributed by atoms with Crippen LogP contribution in [0.4, 0.5) is 5.69 Å². The molecule has 7 heteroatoms. The number of aryl methyl sites for hydroxylation is 2. The highest BCUT2D eigenvalue weighted by molar-refractivity contribution is 7.80. The van der Waals surface area contributed by atoms with E-state index in [1.54, 1.807) is 19.1 Å². The van der Waals surface area contributed by atoms with Crippen molar-refractivity contribution in [1.82, 2.24) is 5.32 Å². The van der Waals surface area contributed by atoms with Crippen molar-refractivity contribution >= 4 is 34.9 Å². The molecule has 0 unspecified atom stereocenters. The number of anilines is 1. The smallest absolute Gasteiger partial charge is 0.335 e. The number of hydrogen-bond acceptors (Lipinski definition) is 4. The molecule has 1 amide bonds. The molecule has 2 aromatic rings. The summed E-state index contributed by atoms with van der Waals surface area (Å²) in [5, 5.41) is 14.4. The Labute approximate surface area is 150 Å². The number of rotatable bonds is 5. The normalized spacial score (nSPS) is 10.0. The van der Waals surface area contributed by atoms with Crippen molar-refractivity contribution in [3.63, 3.8) is 0 Å². The third-order valence-electron chi connectivity index (χ3n) is 3.44. The van der Waals surface area contributed by atoms with E-state index < -0.39 is 11.9 Å².